The van der Waals surface area contributed by atoms with Crippen LogP contribution < -0.4 is 5.32 Å². The van der Waals surface area contributed by atoms with E-state index in [2.05, 4.69) is 10.3 Å². The third kappa shape index (κ3) is 4.16. The maximum absolute atomic E-state index is 12.9. The molecule has 2 fully saturated rings. The number of likely N-dealkylation sites (tertiary alicyclic amines) is 1. The van der Waals surface area contributed by atoms with E-state index in [-0.39, 0.29) is 17.5 Å². The quantitative estimate of drug-likeness (QED) is 0.864. The number of nitrogens with zero attached hydrogens (tertiary/aromatic N) is 2. The lowest BCUT2D eigenvalue weighted by Crippen LogP contribution is -2.47. The maximum atomic E-state index is 12.9. The number of carbonyl (C=O) groups excluding carboxylic acids is 2. The van der Waals surface area contributed by atoms with Crippen LogP contribution >= 0.6 is 0 Å². The average molecular weight is 395 g/mol. The smallest absolute Gasteiger partial charge is 0.272 e. The molecule has 2 saturated heterocycles. The summed E-state index contributed by atoms with van der Waals surface area (Å²) in [4.78, 5) is 31.5. The Balaban J connectivity index is 1.44. The van der Waals surface area contributed by atoms with E-state index in [1.807, 2.05) is 32.0 Å². The van der Waals surface area contributed by atoms with Gasteiger partial charge in [-0.1, -0.05) is 17.7 Å². The first kappa shape index (κ1) is 19.5. The summed E-state index contributed by atoms with van der Waals surface area (Å²) >= 11 is 0. The van der Waals surface area contributed by atoms with Gasteiger partial charge in [0.25, 0.3) is 11.8 Å². The van der Waals surface area contributed by atoms with Crippen molar-refractivity contribution in [2.45, 2.75) is 32.5 Å². The van der Waals surface area contributed by atoms with Crippen molar-refractivity contribution in [3.05, 3.63) is 58.9 Å². The van der Waals surface area contributed by atoms with Crippen molar-refractivity contribution in [1.82, 2.24) is 9.88 Å². The van der Waals surface area contributed by atoms with Crippen LogP contribution in [0.5, 0.6) is 0 Å². The first-order valence-corrected chi connectivity index (χ1v) is 9.88. The minimum atomic E-state index is -0.530. The van der Waals surface area contributed by atoms with Crippen molar-refractivity contribution in [2.75, 3.05) is 31.6 Å². The van der Waals surface area contributed by atoms with Crippen LogP contribution in [-0.4, -0.2) is 53.8 Å². The number of anilines is 1. The average Bonchev–Trinajstić information content (AvgIpc) is 3.18. The molecule has 2 aliphatic heterocycles. The fraction of sp³-hybridized carbons (Fsp3) is 0.409. The molecule has 1 N–H and O–H groups in total. The summed E-state index contributed by atoms with van der Waals surface area (Å²) in [5.74, 6) is -0.976. The molecule has 7 heteroatoms. The number of nitrogens with one attached hydrogen (secondary N) is 1. The monoisotopic (exact) mass is 395 g/mol. The number of pyridine rings is 1. The summed E-state index contributed by atoms with van der Waals surface area (Å²) in [6, 6.07) is 9.00. The zero-order valence-corrected chi connectivity index (χ0v) is 16.7. The number of aryl methyl sites for hydroxylation is 2. The Morgan fingerprint density at radius 3 is 2.48 bits per heavy atom. The van der Waals surface area contributed by atoms with Gasteiger partial charge in [-0.05, 0) is 37.6 Å². The predicted octanol–water partition coefficient (Wildman–Crippen LogP) is 2.93. The fourth-order valence-electron chi connectivity index (χ4n) is 3.84. The molecular weight excluding hydrogens is 370 g/mol. The van der Waals surface area contributed by atoms with E-state index in [1.165, 1.54) is 6.20 Å². The van der Waals surface area contributed by atoms with Crippen molar-refractivity contribution in [1.29, 1.82) is 0 Å². The molecule has 2 amide bonds. The van der Waals surface area contributed by atoms with Crippen LogP contribution in [0.3, 0.4) is 0 Å². The molecule has 7 nitrogen and oxygen atoms in total. The lowest BCUT2D eigenvalue weighted by Gasteiger charge is -2.37. The number of aromatic nitrogens is 1. The van der Waals surface area contributed by atoms with Crippen LogP contribution in [0.25, 0.3) is 0 Å². The highest BCUT2D eigenvalue weighted by molar-refractivity contribution is 6.06. The second kappa shape index (κ2) is 7.93. The van der Waals surface area contributed by atoms with E-state index < -0.39 is 5.79 Å². The minimum absolute atomic E-state index is 0.181. The van der Waals surface area contributed by atoms with Gasteiger partial charge < -0.3 is 19.7 Å². The van der Waals surface area contributed by atoms with Gasteiger partial charge in [0.15, 0.2) is 5.79 Å². The third-order valence-electron chi connectivity index (χ3n) is 5.50. The molecule has 4 rings (SSSR count). The van der Waals surface area contributed by atoms with Crippen LogP contribution in [0, 0.1) is 13.8 Å². The summed E-state index contributed by atoms with van der Waals surface area (Å²) in [6.45, 7) is 6.25. The van der Waals surface area contributed by atoms with Gasteiger partial charge in [-0.25, -0.2) is 0 Å². The van der Waals surface area contributed by atoms with E-state index in [0.717, 1.165) is 16.8 Å². The molecule has 1 spiro atoms. The van der Waals surface area contributed by atoms with E-state index in [1.54, 1.807) is 17.0 Å². The molecule has 0 bridgehead atoms. The molecular formula is C22H25N3O4. The summed E-state index contributed by atoms with van der Waals surface area (Å²) in [5, 5.41) is 2.91. The summed E-state index contributed by atoms with van der Waals surface area (Å²) in [7, 11) is 0. The number of carbonyl (C=O) groups is 2. The predicted molar refractivity (Wildman–Crippen MR) is 108 cm³/mol. The first-order valence-electron chi connectivity index (χ1n) is 9.88. The zero-order chi connectivity index (χ0) is 20.4. The normalized spacial score (nSPS) is 18.1. The Morgan fingerprint density at radius 2 is 1.79 bits per heavy atom. The van der Waals surface area contributed by atoms with Crippen molar-refractivity contribution in [3.8, 4) is 0 Å². The Bertz CT molecular complexity index is 927. The van der Waals surface area contributed by atoms with Crippen LogP contribution in [0.4, 0.5) is 5.69 Å². The standard InChI is InChI=1S/C22H25N3O4/c1-15-3-4-18(16(2)13-15)24-20(26)17-5-8-23-19(14-17)21(27)25-9-6-22(7-10-25)28-11-12-29-22/h3-5,8,13-14H,6-7,9-12H2,1-2H3,(H,24,26). The molecule has 0 saturated carbocycles. The largest absolute Gasteiger partial charge is 0.347 e. The molecule has 2 aliphatic rings. The maximum Gasteiger partial charge on any atom is 0.272 e. The molecule has 0 aliphatic carbocycles. The van der Waals surface area contributed by atoms with E-state index in [0.29, 0.717) is 44.7 Å². The van der Waals surface area contributed by atoms with Gasteiger partial charge in [0.05, 0.1) is 13.2 Å². The molecule has 0 atom stereocenters. The van der Waals surface area contributed by atoms with Gasteiger partial charge in [0.1, 0.15) is 5.69 Å². The van der Waals surface area contributed by atoms with Gasteiger partial charge in [-0.3, -0.25) is 14.6 Å². The Morgan fingerprint density at radius 1 is 1.07 bits per heavy atom. The number of benzene rings is 1. The number of ether oxygens (including phenoxy) is 2. The van der Waals surface area contributed by atoms with Crippen molar-refractivity contribution < 1.29 is 19.1 Å². The minimum Gasteiger partial charge on any atom is -0.347 e. The summed E-state index contributed by atoms with van der Waals surface area (Å²) < 4.78 is 11.4. The van der Waals surface area contributed by atoms with Gasteiger partial charge in [0, 0.05) is 43.4 Å². The van der Waals surface area contributed by atoms with Gasteiger partial charge in [0.2, 0.25) is 0 Å². The molecule has 152 valence electrons. The highest BCUT2D eigenvalue weighted by Crippen LogP contribution is 2.31. The number of rotatable bonds is 3. The van der Waals surface area contributed by atoms with Crippen molar-refractivity contribution in [2.24, 2.45) is 0 Å². The summed E-state index contributed by atoms with van der Waals surface area (Å²) in [6.07, 6.45) is 2.79. The van der Waals surface area contributed by atoms with Crippen LogP contribution in [-0.2, 0) is 9.47 Å². The van der Waals surface area contributed by atoms with Crippen LogP contribution in [0.1, 0.15) is 44.8 Å². The molecule has 3 heterocycles. The van der Waals surface area contributed by atoms with Crippen molar-refractivity contribution in [3.63, 3.8) is 0 Å². The number of piperidine rings is 1. The fourth-order valence-corrected chi connectivity index (χ4v) is 3.84. The summed E-state index contributed by atoms with van der Waals surface area (Å²) in [5.41, 5.74) is 3.54. The molecule has 0 unspecified atom stereocenters. The first-order chi connectivity index (χ1) is 14.0. The number of hydrogen-bond donors (Lipinski definition) is 1. The van der Waals surface area contributed by atoms with Crippen molar-refractivity contribution >= 4 is 17.5 Å². The van der Waals surface area contributed by atoms with Crippen LogP contribution in [0.15, 0.2) is 36.5 Å². The second-order valence-electron chi connectivity index (χ2n) is 7.60. The van der Waals surface area contributed by atoms with E-state index in [4.69, 9.17) is 9.47 Å². The Hall–Kier alpha value is -2.77. The van der Waals surface area contributed by atoms with Gasteiger partial charge >= 0.3 is 0 Å². The van der Waals surface area contributed by atoms with Gasteiger partial charge in [-0.15, -0.1) is 0 Å². The Labute approximate surface area is 170 Å². The van der Waals surface area contributed by atoms with E-state index >= 15 is 0 Å². The zero-order valence-electron chi connectivity index (χ0n) is 16.7. The van der Waals surface area contributed by atoms with Gasteiger partial charge in [-0.2, -0.15) is 0 Å². The topological polar surface area (TPSA) is 80.8 Å². The highest BCUT2D eigenvalue weighted by atomic mass is 16.7. The van der Waals surface area contributed by atoms with E-state index in [9.17, 15) is 9.59 Å². The lowest BCUT2D eigenvalue weighted by atomic mass is 10.0. The molecule has 1 aromatic heterocycles. The second-order valence-corrected chi connectivity index (χ2v) is 7.60. The third-order valence-corrected chi connectivity index (χ3v) is 5.50. The number of hydrogen-bond acceptors (Lipinski definition) is 5. The molecule has 1 aromatic carbocycles. The molecule has 2 aromatic rings. The SMILES string of the molecule is Cc1ccc(NC(=O)c2ccnc(C(=O)N3CCC4(CC3)OCCO4)c2)c(C)c1. The highest BCUT2D eigenvalue weighted by Gasteiger charge is 2.41. The lowest BCUT2D eigenvalue weighted by molar-refractivity contribution is -0.181. The molecule has 0 radical (unpaired) electrons. The Kier molecular flexibility index (Phi) is 5.34. The molecule has 29 heavy (non-hydrogen) atoms. The van der Waals surface area contributed by atoms with Crippen LogP contribution in [0.2, 0.25) is 0 Å². The number of amides is 2.